The van der Waals surface area contributed by atoms with Crippen molar-refractivity contribution < 1.29 is 18.0 Å². The number of anilines is 1. The van der Waals surface area contributed by atoms with E-state index in [1.54, 1.807) is 29.2 Å². The molecule has 3 fully saturated rings. The van der Waals surface area contributed by atoms with Gasteiger partial charge in [-0.25, -0.2) is 8.42 Å². The molecule has 0 unspecified atom stereocenters. The van der Waals surface area contributed by atoms with Crippen LogP contribution in [0.2, 0.25) is 0 Å². The van der Waals surface area contributed by atoms with Crippen molar-refractivity contribution in [1.82, 2.24) is 14.1 Å². The van der Waals surface area contributed by atoms with Gasteiger partial charge in [-0.05, 0) is 50.6 Å². The van der Waals surface area contributed by atoms with Crippen LogP contribution in [-0.4, -0.2) is 87.2 Å². The van der Waals surface area contributed by atoms with Crippen LogP contribution in [0.3, 0.4) is 0 Å². The zero-order valence-electron chi connectivity index (χ0n) is 17.5. The van der Waals surface area contributed by atoms with Gasteiger partial charge in [0.1, 0.15) is 0 Å². The Balaban J connectivity index is 1.44. The van der Waals surface area contributed by atoms with Crippen LogP contribution in [0.4, 0.5) is 5.69 Å². The summed E-state index contributed by atoms with van der Waals surface area (Å²) in [4.78, 5) is 30.8. The second-order valence-corrected chi connectivity index (χ2v) is 10.4. The lowest BCUT2D eigenvalue weighted by molar-refractivity contribution is -0.138. The number of benzene rings is 1. The van der Waals surface area contributed by atoms with E-state index in [1.807, 2.05) is 11.9 Å². The smallest absolute Gasteiger partial charge is 0.243 e. The number of hydrogen-bond donors (Lipinski definition) is 0. The van der Waals surface area contributed by atoms with Crippen LogP contribution in [0.15, 0.2) is 29.2 Å². The summed E-state index contributed by atoms with van der Waals surface area (Å²) in [6.07, 6.45) is 2.78. The first-order chi connectivity index (χ1) is 14.4. The van der Waals surface area contributed by atoms with Crippen LogP contribution >= 0.6 is 0 Å². The average Bonchev–Trinajstić information content (AvgIpc) is 3.20. The van der Waals surface area contributed by atoms with Gasteiger partial charge in [0.15, 0.2) is 0 Å². The highest BCUT2D eigenvalue weighted by atomic mass is 32.2. The zero-order chi connectivity index (χ0) is 21.3. The van der Waals surface area contributed by atoms with E-state index in [1.165, 1.54) is 4.31 Å². The molecule has 8 nitrogen and oxygen atoms in total. The van der Waals surface area contributed by atoms with Crippen LogP contribution in [0, 0.1) is 5.92 Å². The van der Waals surface area contributed by atoms with E-state index in [4.69, 9.17) is 0 Å². The van der Waals surface area contributed by atoms with Crippen molar-refractivity contribution in [3.63, 3.8) is 0 Å². The van der Waals surface area contributed by atoms with Crippen molar-refractivity contribution >= 4 is 27.5 Å². The number of amides is 2. The number of hydrogen-bond acceptors (Lipinski definition) is 5. The van der Waals surface area contributed by atoms with Crippen molar-refractivity contribution in [3.8, 4) is 0 Å². The Hall–Kier alpha value is -1.97. The fourth-order valence-electron chi connectivity index (χ4n) is 4.52. The molecule has 3 aliphatic heterocycles. The number of carbonyl (C=O) groups is 2. The molecule has 2 amide bonds. The fraction of sp³-hybridized carbons (Fsp3) is 0.619. The number of sulfonamides is 1. The van der Waals surface area contributed by atoms with Crippen molar-refractivity contribution in [1.29, 1.82) is 0 Å². The van der Waals surface area contributed by atoms with Crippen LogP contribution in [0.25, 0.3) is 0 Å². The third-order valence-corrected chi connectivity index (χ3v) is 8.29. The highest BCUT2D eigenvalue weighted by Gasteiger charge is 2.35. The first kappa shape index (κ1) is 21.3. The van der Waals surface area contributed by atoms with Gasteiger partial charge < -0.3 is 14.7 Å². The van der Waals surface area contributed by atoms with Gasteiger partial charge in [-0.3, -0.25) is 9.59 Å². The van der Waals surface area contributed by atoms with E-state index in [9.17, 15) is 18.0 Å². The molecule has 1 atom stereocenters. The summed E-state index contributed by atoms with van der Waals surface area (Å²) in [5.74, 6) is -0.129. The molecule has 0 bridgehead atoms. The SMILES string of the molecule is CN1CCN(C(=O)[C@H]2CCCN(S(=O)(=O)c3ccc(N4CCCC4=O)cc3)C2)CC1. The van der Waals surface area contributed by atoms with Crippen molar-refractivity contribution in [2.45, 2.75) is 30.6 Å². The van der Waals surface area contributed by atoms with Gasteiger partial charge in [-0.15, -0.1) is 0 Å². The number of piperazine rings is 1. The largest absolute Gasteiger partial charge is 0.340 e. The summed E-state index contributed by atoms with van der Waals surface area (Å²) in [5.41, 5.74) is 0.734. The number of piperidine rings is 1. The van der Waals surface area contributed by atoms with Gasteiger partial charge in [0.25, 0.3) is 0 Å². The quantitative estimate of drug-likeness (QED) is 0.706. The minimum absolute atomic E-state index is 0.0749. The lowest BCUT2D eigenvalue weighted by atomic mass is 9.98. The minimum Gasteiger partial charge on any atom is -0.340 e. The highest BCUT2D eigenvalue weighted by Crippen LogP contribution is 2.28. The lowest BCUT2D eigenvalue weighted by Gasteiger charge is -2.37. The van der Waals surface area contributed by atoms with E-state index in [-0.39, 0.29) is 29.2 Å². The van der Waals surface area contributed by atoms with E-state index in [2.05, 4.69) is 4.90 Å². The summed E-state index contributed by atoms with van der Waals surface area (Å²) in [6.45, 7) is 4.46. The highest BCUT2D eigenvalue weighted by molar-refractivity contribution is 7.89. The van der Waals surface area contributed by atoms with E-state index in [0.29, 0.717) is 39.0 Å². The number of nitrogens with zero attached hydrogens (tertiary/aromatic N) is 4. The molecule has 30 heavy (non-hydrogen) atoms. The zero-order valence-corrected chi connectivity index (χ0v) is 18.3. The standard InChI is InChI=1S/C21H30N4O4S/c1-22-12-14-23(15-13-22)21(27)17-4-2-10-24(16-17)30(28,29)19-8-6-18(7-9-19)25-11-3-5-20(25)26/h6-9,17H,2-5,10-16H2,1H3/t17-/m0/s1. The first-order valence-corrected chi connectivity index (χ1v) is 12.2. The monoisotopic (exact) mass is 434 g/mol. The molecule has 3 heterocycles. The average molecular weight is 435 g/mol. The Morgan fingerprint density at radius 2 is 1.67 bits per heavy atom. The van der Waals surface area contributed by atoms with E-state index in [0.717, 1.165) is 31.6 Å². The predicted octanol–water partition coefficient (Wildman–Crippen LogP) is 0.988. The molecule has 164 valence electrons. The van der Waals surface area contributed by atoms with Gasteiger partial charge in [0, 0.05) is 57.9 Å². The number of carbonyl (C=O) groups excluding carboxylic acids is 2. The van der Waals surface area contributed by atoms with Crippen molar-refractivity contribution in [2.24, 2.45) is 5.92 Å². The van der Waals surface area contributed by atoms with Crippen molar-refractivity contribution in [2.75, 3.05) is 57.8 Å². The van der Waals surface area contributed by atoms with Crippen LogP contribution in [-0.2, 0) is 19.6 Å². The molecular formula is C21H30N4O4S. The summed E-state index contributed by atoms with van der Waals surface area (Å²) in [7, 11) is -1.63. The number of likely N-dealkylation sites (N-methyl/N-ethyl adjacent to an activating group) is 1. The molecular weight excluding hydrogens is 404 g/mol. The van der Waals surface area contributed by atoms with Gasteiger partial charge in [-0.2, -0.15) is 4.31 Å². The first-order valence-electron chi connectivity index (χ1n) is 10.7. The normalized spacial score (nSPS) is 24.4. The Labute approximate surface area is 178 Å². The third-order valence-electron chi connectivity index (χ3n) is 6.41. The summed E-state index contributed by atoms with van der Waals surface area (Å²) in [5, 5.41) is 0. The third kappa shape index (κ3) is 4.24. The molecule has 3 saturated heterocycles. The molecule has 0 aromatic heterocycles. The van der Waals surface area contributed by atoms with Gasteiger partial charge >= 0.3 is 0 Å². The van der Waals surface area contributed by atoms with Gasteiger partial charge in [0.2, 0.25) is 21.8 Å². The molecule has 0 aliphatic carbocycles. The molecule has 0 N–H and O–H groups in total. The fourth-order valence-corrected chi connectivity index (χ4v) is 6.04. The predicted molar refractivity (Wildman–Crippen MR) is 114 cm³/mol. The maximum absolute atomic E-state index is 13.2. The molecule has 0 spiro atoms. The number of rotatable bonds is 4. The Morgan fingerprint density at radius 1 is 0.967 bits per heavy atom. The van der Waals surface area contributed by atoms with E-state index < -0.39 is 10.0 Å². The molecule has 9 heteroatoms. The Bertz CT molecular complexity index is 894. The van der Waals surface area contributed by atoms with Crippen LogP contribution < -0.4 is 4.90 Å². The molecule has 1 aromatic carbocycles. The Kier molecular flexibility index (Phi) is 6.13. The van der Waals surface area contributed by atoms with Crippen molar-refractivity contribution in [3.05, 3.63) is 24.3 Å². The molecule has 0 saturated carbocycles. The molecule has 3 aliphatic rings. The Morgan fingerprint density at radius 3 is 2.30 bits per heavy atom. The molecule has 1 aromatic rings. The van der Waals surface area contributed by atoms with Gasteiger partial charge in [-0.1, -0.05) is 0 Å². The van der Waals surface area contributed by atoms with E-state index >= 15 is 0 Å². The van der Waals surface area contributed by atoms with Crippen LogP contribution in [0.1, 0.15) is 25.7 Å². The second kappa shape index (κ2) is 8.64. The van der Waals surface area contributed by atoms with Crippen LogP contribution in [0.5, 0.6) is 0 Å². The summed E-state index contributed by atoms with van der Waals surface area (Å²) in [6, 6.07) is 6.55. The topological polar surface area (TPSA) is 81.2 Å². The molecule has 4 rings (SSSR count). The molecule has 0 radical (unpaired) electrons. The second-order valence-electron chi connectivity index (χ2n) is 8.47. The summed E-state index contributed by atoms with van der Waals surface area (Å²) >= 11 is 0. The van der Waals surface area contributed by atoms with Gasteiger partial charge in [0.05, 0.1) is 10.8 Å². The minimum atomic E-state index is -3.67. The maximum atomic E-state index is 13.2. The summed E-state index contributed by atoms with van der Waals surface area (Å²) < 4.78 is 27.8. The maximum Gasteiger partial charge on any atom is 0.243 e. The lowest BCUT2D eigenvalue weighted by Crippen LogP contribution is -2.52.